The molecule has 4 nitrogen and oxygen atoms in total. The number of thiazole rings is 1. The van der Waals surface area contributed by atoms with Crippen LogP contribution in [0.4, 0.5) is 0 Å². The molecule has 1 amide bonds. The number of piperidine rings is 1. The van der Waals surface area contributed by atoms with Gasteiger partial charge in [0, 0.05) is 35.5 Å². The second kappa shape index (κ2) is 5.33. The van der Waals surface area contributed by atoms with Gasteiger partial charge in [-0.2, -0.15) is 0 Å². The van der Waals surface area contributed by atoms with E-state index in [9.17, 15) is 4.79 Å². The molecule has 0 unspecified atom stereocenters. The molecule has 2 aromatic heterocycles. The van der Waals surface area contributed by atoms with E-state index in [1.54, 1.807) is 0 Å². The van der Waals surface area contributed by atoms with E-state index in [1.807, 2.05) is 11.3 Å². The van der Waals surface area contributed by atoms with Crippen molar-refractivity contribution in [3.05, 3.63) is 22.1 Å². The smallest absolute Gasteiger partial charge is 0.225 e. The number of nitrogens with zero attached hydrogens (tertiary/aromatic N) is 3. The van der Waals surface area contributed by atoms with Gasteiger partial charge in [-0.1, -0.05) is 6.92 Å². The van der Waals surface area contributed by atoms with E-state index in [0.29, 0.717) is 23.7 Å². The molecule has 1 aliphatic carbocycles. The lowest BCUT2D eigenvalue weighted by Gasteiger charge is -2.31. The Hall–Kier alpha value is -1.36. The van der Waals surface area contributed by atoms with E-state index in [2.05, 4.69) is 37.0 Å². The predicted molar refractivity (Wildman–Crippen MR) is 93.1 cm³/mol. The van der Waals surface area contributed by atoms with Crippen molar-refractivity contribution >= 4 is 22.1 Å². The molecule has 2 fully saturated rings. The minimum Gasteiger partial charge on any atom is -0.342 e. The Morgan fingerprint density at radius 3 is 2.48 bits per heavy atom. The highest BCUT2D eigenvalue weighted by Gasteiger charge is 2.42. The van der Waals surface area contributed by atoms with Crippen LogP contribution in [0.2, 0.25) is 0 Å². The summed E-state index contributed by atoms with van der Waals surface area (Å²) >= 11 is 1.86. The first kappa shape index (κ1) is 15.2. The molecule has 5 heteroatoms. The van der Waals surface area contributed by atoms with Crippen LogP contribution in [-0.4, -0.2) is 33.3 Å². The minimum atomic E-state index is 0.315. The van der Waals surface area contributed by atoms with Crippen LogP contribution in [0.15, 0.2) is 0 Å². The average molecular weight is 331 g/mol. The molecular weight excluding hydrogens is 306 g/mol. The Morgan fingerprint density at radius 1 is 1.22 bits per heavy atom. The molecule has 1 saturated heterocycles. The summed E-state index contributed by atoms with van der Waals surface area (Å²) < 4.78 is 2.30. The first-order valence-corrected chi connectivity index (χ1v) is 9.52. The van der Waals surface area contributed by atoms with Crippen molar-refractivity contribution in [2.45, 2.75) is 52.9 Å². The molecule has 0 spiro atoms. The van der Waals surface area contributed by atoms with E-state index < -0.39 is 0 Å². The molecule has 2 aliphatic rings. The summed E-state index contributed by atoms with van der Waals surface area (Å²) in [5.41, 5.74) is 2.58. The largest absolute Gasteiger partial charge is 0.342 e. The lowest BCUT2D eigenvalue weighted by molar-refractivity contribution is -0.133. The lowest BCUT2D eigenvalue weighted by atomic mass is 9.93. The highest BCUT2D eigenvalue weighted by atomic mass is 32.1. The molecule has 23 heavy (non-hydrogen) atoms. The summed E-state index contributed by atoms with van der Waals surface area (Å²) in [5.74, 6) is 2.91. The number of carbonyl (C=O) groups excluding carboxylic acids is 1. The van der Waals surface area contributed by atoms with Gasteiger partial charge in [-0.05, 0) is 46.0 Å². The molecule has 1 aliphatic heterocycles. The topological polar surface area (TPSA) is 37.6 Å². The van der Waals surface area contributed by atoms with Gasteiger partial charge in [0.1, 0.15) is 10.7 Å². The number of fused-ring (bicyclic) bond motifs is 1. The maximum absolute atomic E-state index is 12.4. The number of aryl methyl sites for hydroxylation is 3. The van der Waals surface area contributed by atoms with Gasteiger partial charge >= 0.3 is 0 Å². The van der Waals surface area contributed by atoms with Crippen LogP contribution in [0.25, 0.3) is 4.83 Å². The monoisotopic (exact) mass is 331 g/mol. The fraction of sp³-hybridized carbons (Fsp3) is 0.667. The number of carbonyl (C=O) groups is 1. The zero-order valence-corrected chi connectivity index (χ0v) is 15.2. The average Bonchev–Trinajstić information content (AvgIpc) is 3.08. The number of rotatable bonds is 2. The van der Waals surface area contributed by atoms with Crippen LogP contribution in [0.3, 0.4) is 0 Å². The molecule has 2 aromatic rings. The highest BCUT2D eigenvalue weighted by Crippen LogP contribution is 2.41. The van der Waals surface area contributed by atoms with Gasteiger partial charge in [-0.25, -0.2) is 4.98 Å². The summed E-state index contributed by atoms with van der Waals surface area (Å²) in [4.78, 5) is 22.0. The summed E-state index contributed by atoms with van der Waals surface area (Å²) in [6.45, 7) is 10.4. The van der Waals surface area contributed by atoms with Crippen LogP contribution < -0.4 is 0 Å². The number of likely N-dealkylation sites (tertiary alicyclic amines) is 1. The van der Waals surface area contributed by atoms with Crippen LogP contribution in [-0.2, 0) is 4.79 Å². The molecule has 4 rings (SSSR count). The molecule has 3 heterocycles. The standard InChI is InChI=1S/C18H25N3OS/c1-10-9-15(10)17(22)20-7-5-14(6-8-20)16-18-21(13(4)19-16)11(2)12(3)23-18/h10,14-15H,5-9H2,1-4H3/t10-,15+/m1/s1. The minimum absolute atomic E-state index is 0.315. The molecule has 2 atom stereocenters. The van der Waals surface area contributed by atoms with Gasteiger partial charge in [0.05, 0.1) is 5.69 Å². The van der Waals surface area contributed by atoms with E-state index in [1.165, 1.54) is 21.1 Å². The third-order valence-electron chi connectivity index (χ3n) is 5.74. The second-order valence-electron chi connectivity index (χ2n) is 7.35. The predicted octanol–water partition coefficient (Wildman–Crippen LogP) is 3.68. The van der Waals surface area contributed by atoms with E-state index in [4.69, 9.17) is 4.98 Å². The fourth-order valence-electron chi connectivity index (χ4n) is 3.94. The Kier molecular flexibility index (Phi) is 3.52. The quantitative estimate of drug-likeness (QED) is 0.842. The summed E-state index contributed by atoms with van der Waals surface area (Å²) in [5, 5.41) is 0. The maximum atomic E-state index is 12.4. The third kappa shape index (κ3) is 2.40. The Labute approximate surface area is 141 Å². The maximum Gasteiger partial charge on any atom is 0.225 e. The Balaban J connectivity index is 1.52. The molecule has 0 N–H and O–H groups in total. The highest BCUT2D eigenvalue weighted by molar-refractivity contribution is 7.17. The molecule has 124 valence electrons. The van der Waals surface area contributed by atoms with Gasteiger partial charge in [-0.3, -0.25) is 9.20 Å². The number of amides is 1. The van der Waals surface area contributed by atoms with Crippen molar-refractivity contribution in [1.82, 2.24) is 14.3 Å². The molecular formula is C18H25N3OS. The number of hydrogen-bond donors (Lipinski definition) is 0. The Bertz CT molecular complexity index is 767. The van der Waals surface area contributed by atoms with Crippen molar-refractivity contribution in [3.63, 3.8) is 0 Å². The second-order valence-corrected chi connectivity index (χ2v) is 8.55. The lowest BCUT2D eigenvalue weighted by Crippen LogP contribution is -2.39. The summed E-state index contributed by atoms with van der Waals surface area (Å²) in [7, 11) is 0. The molecule has 1 saturated carbocycles. The Morgan fingerprint density at radius 2 is 1.87 bits per heavy atom. The van der Waals surface area contributed by atoms with Gasteiger partial charge in [0.2, 0.25) is 5.91 Å². The van der Waals surface area contributed by atoms with Crippen LogP contribution in [0.5, 0.6) is 0 Å². The summed E-state index contributed by atoms with van der Waals surface area (Å²) in [6.07, 6.45) is 3.19. The zero-order valence-electron chi connectivity index (χ0n) is 14.4. The van der Waals surface area contributed by atoms with E-state index >= 15 is 0 Å². The van der Waals surface area contributed by atoms with Crippen LogP contribution >= 0.6 is 11.3 Å². The third-order valence-corrected chi connectivity index (χ3v) is 6.93. The van der Waals surface area contributed by atoms with E-state index in [-0.39, 0.29) is 0 Å². The van der Waals surface area contributed by atoms with E-state index in [0.717, 1.165) is 38.2 Å². The van der Waals surface area contributed by atoms with Crippen molar-refractivity contribution < 1.29 is 4.79 Å². The fourth-order valence-corrected chi connectivity index (χ4v) is 5.15. The van der Waals surface area contributed by atoms with Gasteiger partial charge in [0.25, 0.3) is 0 Å². The first-order chi connectivity index (χ1) is 11.0. The normalized spacial score (nSPS) is 25.3. The molecule has 0 radical (unpaired) electrons. The van der Waals surface area contributed by atoms with Crippen molar-refractivity contribution in [2.24, 2.45) is 11.8 Å². The molecule has 0 aromatic carbocycles. The summed E-state index contributed by atoms with van der Waals surface area (Å²) in [6, 6.07) is 0. The van der Waals surface area contributed by atoms with Crippen molar-refractivity contribution in [2.75, 3.05) is 13.1 Å². The van der Waals surface area contributed by atoms with Gasteiger partial charge in [0.15, 0.2) is 0 Å². The van der Waals surface area contributed by atoms with Crippen LogP contribution in [0, 0.1) is 32.6 Å². The number of aromatic nitrogens is 2. The van der Waals surface area contributed by atoms with Crippen molar-refractivity contribution in [3.8, 4) is 0 Å². The SMILES string of the molecule is Cc1sc2c(C3CCN(C(=O)[C@H]4C[C@H]4C)CC3)nc(C)n2c1C. The van der Waals surface area contributed by atoms with Crippen molar-refractivity contribution in [1.29, 1.82) is 0 Å². The molecule has 0 bridgehead atoms. The number of hydrogen-bond acceptors (Lipinski definition) is 3. The first-order valence-electron chi connectivity index (χ1n) is 8.71. The van der Waals surface area contributed by atoms with Gasteiger partial charge in [-0.15, -0.1) is 11.3 Å². The number of imidazole rings is 1. The van der Waals surface area contributed by atoms with Crippen LogP contribution in [0.1, 0.15) is 54.2 Å². The zero-order chi connectivity index (χ0) is 16.3. The van der Waals surface area contributed by atoms with Gasteiger partial charge < -0.3 is 4.90 Å².